The van der Waals surface area contributed by atoms with Gasteiger partial charge in [-0.25, -0.2) is 14.8 Å². The van der Waals surface area contributed by atoms with E-state index < -0.39 is 17.9 Å². The van der Waals surface area contributed by atoms with Crippen LogP contribution in [0.2, 0.25) is 0 Å². The third-order valence-corrected chi connectivity index (χ3v) is 5.13. The number of rotatable bonds is 10. The minimum Gasteiger partial charge on any atom is -0.425 e. The zero-order valence-corrected chi connectivity index (χ0v) is 18.2. The van der Waals surface area contributed by atoms with Crippen molar-refractivity contribution in [2.45, 2.75) is 77.6 Å². The number of unbranched alkanes of at least 4 members (excludes halogenated alkanes) is 5. The zero-order valence-electron chi connectivity index (χ0n) is 18.2. The molecule has 1 saturated heterocycles. The highest BCUT2D eigenvalue weighted by molar-refractivity contribution is 5.77. The first kappa shape index (κ1) is 22.4. The molecule has 1 fully saturated rings. The summed E-state index contributed by atoms with van der Waals surface area (Å²) in [5.41, 5.74) is 2.05. The van der Waals surface area contributed by atoms with Crippen LogP contribution in [0.5, 0.6) is 5.75 Å². The Hall–Kier alpha value is -2.31. The van der Waals surface area contributed by atoms with E-state index in [2.05, 4.69) is 16.9 Å². The first-order valence-corrected chi connectivity index (χ1v) is 10.9. The normalized spacial score (nSPS) is 17.8. The summed E-state index contributed by atoms with van der Waals surface area (Å²) in [5, 5.41) is 0. The van der Waals surface area contributed by atoms with Crippen molar-refractivity contribution in [1.82, 2.24) is 9.97 Å². The molecule has 0 bridgehead atoms. The summed E-state index contributed by atoms with van der Waals surface area (Å²) < 4.78 is 16.3. The second-order valence-electron chi connectivity index (χ2n) is 8.20. The van der Waals surface area contributed by atoms with Gasteiger partial charge in [-0.05, 0) is 56.5 Å². The summed E-state index contributed by atoms with van der Waals surface area (Å²) in [6.45, 7) is 5.98. The Morgan fingerprint density at radius 2 is 1.73 bits per heavy atom. The molecule has 0 saturated carbocycles. The van der Waals surface area contributed by atoms with Gasteiger partial charge >= 0.3 is 5.97 Å². The molecule has 0 spiro atoms. The van der Waals surface area contributed by atoms with Gasteiger partial charge in [-0.1, -0.05) is 39.0 Å². The third kappa shape index (κ3) is 6.61. The van der Waals surface area contributed by atoms with Gasteiger partial charge in [-0.2, -0.15) is 0 Å². The van der Waals surface area contributed by atoms with E-state index in [4.69, 9.17) is 14.2 Å². The van der Waals surface area contributed by atoms with Gasteiger partial charge < -0.3 is 14.2 Å². The number of nitrogens with zero attached hydrogens (tertiary/aromatic N) is 2. The molecule has 1 aliphatic heterocycles. The van der Waals surface area contributed by atoms with Crippen molar-refractivity contribution >= 4 is 5.97 Å². The molecule has 162 valence electrons. The summed E-state index contributed by atoms with van der Waals surface area (Å²) >= 11 is 0. The van der Waals surface area contributed by atoms with Crippen LogP contribution in [0.25, 0.3) is 11.4 Å². The van der Waals surface area contributed by atoms with Gasteiger partial charge in [0.2, 0.25) is 0 Å². The molecule has 2 aromatic rings. The number of aryl methyl sites for hydroxylation is 1. The van der Waals surface area contributed by atoms with Crippen LogP contribution in [0.3, 0.4) is 0 Å². The standard InChI is InChI=1S/C24H32N2O4/c1-4-5-6-7-8-9-10-18-15-25-22(26-16-18)19-11-13-20(14-12-19)29-23(27)21-17-28-24(2,3)30-21/h11-16,21H,4-10,17H2,1-3H3/t21-/m1/s1. The van der Waals surface area contributed by atoms with Crippen molar-refractivity contribution in [1.29, 1.82) is 0 Å². The summed E-state index contributed by atoms with van der Waals surface area (Å²) in [6.07, 6.45) is 11.8. The average Bonchev–Trinajstić information content (AvgIpc) is 3.11. The lowest BCUT2D eigenvalue weighted by molar-refractivity contribution is -0.162. The summed E-state index contributed by atoms with van der Waals surface area (Å²) in [6, 6.07) is 7.17. The first-order chi connectivity index (χ1) is 14.5. The molecule has 0 aliphatic carbocycles. The number of ether oxygens (including phenoxy) is 3. The van der Waals surface area contributed by atoms with E-state index in [9.17, 15) is 4.79 Å². The predicted molar refractivity (Wildman–Crippen MR) is 115 cm³/mol. The van der Waals surface area contributed by atoms with Gasteiger partial charge in [0, 0.05) is 18.0 Å². The number of carbonyl (C=O) groups is 1. The monoisotopic (exact) mass is 412 g/mol. The van der Waals surface area contributed by atoms with Crippen LogP contribution < -0.4 is 4.74 Å². The molecule has 30 heavy (non-hydrogen) atoms. The lowest BCUT2D eigenvalue weighted by Crippen LogP contribution is -2.30. The smallest absolute Gasteiger partial charge is 0.343 e. The molecule has 1 atom stereocenters. The molecule has 6 heteroatoms. The van der Waals surface area contributed by atoms with Gasteiger partial charge in [0.25, 0.3) is 0 Å². The fourth-order valence-electron chi connectivity index (χ4n) is 3.40. The van der Waals surface area contributed by atoms with Crippen LogP contribution in [-0.4, -0.2) is 34.4 Å². The predicted octanol–water partition coefficient (Wildman–Crippen LogP) is 5.10. The molecule has 0 unspecified atom stereocenters. The summed E-state index contributed by atoms with van der Waals surface area (Å²) in [7, 11) is 0. The molecule has 1 aromatic heterocycles. The van der Waals surface area contributed by atoms with Crippen molar-refractivity contribution in [3.05, 3.63) is 42.2 Å². The van der Waals surface area contributed by atoms with Gasteiger partial charge in [0.1, 0.15) is 5.75 Å². The maximum absolute atomic E-state index is 12.2. The lowest BCUT2D eigenvalue weighted by Gasteiger charge is -2.16. The van der Waals surface area contributed by atoms with Gasteiger partial charge in [0.05, 0.1) is 6.61 Å². The Morgan fingerprint density at radius 3 is 2.37 bits per heavy atom. The van der Waals surface area contributed by atoms with E-state index in [0.29, 0.717) is 11.6 Å². The lowest BCUT2D eigenvalue weighted by atomic mass is 10.1. The van der Waals surface area contributed by atoms with Crippen LogP contribution in [-0.2, 0) is 20.7 Å². The number of carbonyl (C=O) groups excluding carboxylic acids is 1. The van der Waals surface area contributed by atoms with E-state index in [1.54, 1.807) is 26.0 Å². The van der Waals surface area contributed by atoms with Crippen molar-refractivity contribution in [3.63, 3.8) is 0 Å². The number of benzene rings is 1. The second kappa shape index (κ2) is 10.6. The highest BCUT2D eigenvalue weighted by Gasteiger charge is 2.38. The Bertz CT molecular complexity index is 803. The van der Waals surface area contributed by atoms with Crippen molar-refractivity contribution in [2.24, 2.45) is 0 Å². The second-order valence-corrected chi connectivity index (χ2v) is 8.20. The Labute approximate surface area is 179 Å². The molecule has 0 amide bonds. The number of esters is 1. The van der Waals surface area contributed by atoms with E-state index in [1.165, 1.54) is 44.1 Å². The fourth-order valence-corrected chi connectivity index (χ4v) is 3.40. The molecule has 1 aromatic carbocycles. The van der Waals surface area contributed by atoms with Crippen LogP contribution in [0.4, 0.5) is 0 Å². The molecule has 3 rings (SSSR count). The number of hydrogen-bond acceptors (Lipinski definition) is 6. The quantitative estimate of drug-likeness (QED) is 0.307. The molecule has 1 aliphatic rings. The Balaban J connectivity index is 1.48. The van der Waals surface area contributed by atoms with E-state index in [0.717, 1.165) is 12.0 Å². The van der Waals surface area contributed by atoms with Crippen LogP contribution in [0.1, 0.15) is 64.9 Å². The molecule has 0 N–H and O–H groups in total. The fraction of sp³-hybridized carbons (Fsp3) is 0.542. The van der Waals surface area contributed by atoms with Crippen molar-refractivity contribution in [3.8, 4) is 17.1 Å². The average molecular weight is 413 g/mol. The Kier molecular flexibility index (Phi) is 7.94. The molecular weight excluding hydrogens is 380 g/mol. The maximum atomic E-state index is 12.2. The van der Waals surface area contributed by atoms with Gasteiger partial charge in [-0.3, -0.25) is 0 Å². The maximum Gasteiger partial charge on any atom is 0.343 e. The zero-order chi connectivity index (χ0) is 21.4. The topological polar surface area (TPSA) is 70.5 Å². The Morgan fingerprint density at radius 1 is 1.07 bits per heavy atom. The molecule has 2 heterocycles. The highest BCUT2D eigenvalue weighted by atomic mass is 16.8. The summed E-state index contributed by atoms with van der Waals surface area (Å²) in [4.78, 5) is 21.2. The summed E-state index contributed by atoms with van der Waals surface area (Å²) in [5.74, 6) is -0.0965. The van der Waals surface area contributed by atoms with Gasteiger partial charge in [-0.15, -0.1) is 0 Å². The van der Waals surface area contributed by atoms with E-state index in [-0.39, 0.29) is 6.61 Å². The largest absolute Gasteiger partial charge is 0.425 e. The SMILES string of the molecule is CCCCCCCCc1cnc(-c2ccc(OC(=O)[C@H]3COC(C)(C)O3)cc2)nc1. The van der Waals surface area contributed by atoms with Crippen molar-refractivity contribution < 1.29 is 19.0 Å². The third-order valence-electron chi connectivity index (χ3n) is 5.13. The van der Waals surface area contributed by atoms with Crippen LogP contribution >= 0.6 is 0 Å². The van der Waals surface area contributed by atoms with Crippen LogP contribution in [0.15, 0.2) is 36.7 Å². The minimum atomic E-state index is -0.758. The van der Waals surface area contributed by atoms with Crippen LogP contribution in [0, 0.1) is 0 Å². The van der Waals surface area contributed by atoms with Crippen molar-refractivity contribution in [2.75, 3.05) is 6.61 Å². The van der Waals surface area contributed by atoms with Gasteiger partial charge in [0.15, 0.2) is 17.7 Å². The number of hydrogen-bond donors (Lipinski definition) is 0. The van der Waals surface area contributed by atoms with E-state index in [1.807, 2.05) is 24.5 Å². The highest BCUT2D eigenvalue weighted by Crippen LogP contribution is 2.25. The first-order valence-electron chi connectivity index (χ1n) is 10.9. The molecular formula is C24H32N2O4. The van der Waals surface area contributed by atoms with E-state index >= 15 is 0 Å². The minimum absolute atomic E-state index is 0.197. The molecule has 6 nitrogen and oxygen atoms in total. The number of aromatic nitrogens is 2. The molecule has 0 radical (unpaired) electrons.